The maximum Gasteiger partial charge on any atom is 0.417 e. The van der Waals surface area contributed by atoms with Crippen LogP contribution in [0.4, 0.5) is 23.8 Å². The molecule has 6 amide bonds. The van der Waals surface area contributed by atoms with Crippen LogP contribution < -0.4 is 15.9 Å². The van der Waals surface area contributed by atoms with Crippen LogP contribution >= 0.6 is 34.8 Å². The summed E-state index contributed by atoms with van der Waals surface area (Å²) in [5, 5.41) is 10.9. The molecule has 12 nitrogen and oxygen atoms in total. The number of phenolic OH excluding ortho intramolecular Hbond substituents is 1. The number of primary amides is 1. The molecule has 2 aliphatic heterocycles. The van der Waals surface area contributed by atoms with Gasteiger partial charge in [0.1, 0.15) is 0 Å². The Morgan fingerprint density at radius 2 is 1.71 bits per heavy atom. The summed E-state index contributed by atoms with van der Waals surface area (Å²) in [5.41, 5.74) is 5.93. The van der Waals surface area contributed by atoms with E-state index in [2.05, 4.69) is 10.4 Å². The molecule has 2 aliphatic carbocycles. The highest BCUT2D eigenvalue weighted by Gasteiger charge is 2.70. The molecule has 4 N–H and O–H groups in total. The summed E-state index contributed by atoms with van der Waals surface area (Å²) < 4.78 is 45.6. The van der Waals surface area contributed by atoms with E-state index >= 15 is 4.79 Å². The molecule has 3 aromatic rings. The number of aromatic hydroxyl groups is 1. The molecule has 2 saturated heterocycles. The number of hydrazine groups is 1. The summed E-state index contributed by atoms with van der Waals surface area (Å²) in [5.74, 6) is -9.83. The van der Waals surface area contributed by atoms with Crippen LogP contribution in [0, 0.1) is 23.7 Å². The Hall–Kier alpha value is -4.86. The summed E-state index contributed by atoms with van der Waals surface area (Å²) in [6.45, 7) is 0. The molecule has 1 aromatic heterocycles. The number of halogens is 6. The summed E-state index contributed by atoms with van der Waals surface area (Å²) in [4.78, 5) is 73.3. The van der Waals surface area contributed by atoms with Crippen molar-refractivity contribution < 1.29 is 47.0 Å². The Bertz CT molecular complexity index is 2130. The lowest BCUT2D eigenvalue weighted by atomic mass is 9.49. The zero-order valence-electron chi connectivity index (χ0n) is 26.6. The summed E-state index contributed by atoms with van der Waals surface area (Å²) in [6.07, 6.45) is -2.83. The molecule has 7 rings (SSSR count). The van der Waals surface area contributed by atoms with Crippen molar-refractivity contribution in [2.75, 3.05) is 12.5 Å². The quantitative estimate of drug-likeness (QED) is 0.213. The van der Waals surface area contributed by atoms with Crippen molar-refractivity contribution in [3.63, 3.8) is 0 Å². The van der Waals surface area contributed by atoms with Crippen molar-refractivity contribution >= 4 is 70.3 Å². The maximum absolute atomic E-state index is 15.2. The first-order chi connectivity index (χ1) is 24.5. The van der Waals surface area contributed by atoms with Gasteiger partial charge in [-0.05, 0) is 60.2 Å². The Kier molecular flexibility index (Phi) is 8.46. The maximum atomic E-state index is 15.2. The van der Waals surface area contributed by atoms with Crippen LogP contribution in [0.3, 0.4) is 0 Å². The molecule has 4 aliphatic rings. The standard InChI is InChI=1S/C34H25Cl3F3N5O7/c1-52-23-9-13(8-21(36)26(23)46)25-17-6-7-18-24(30(49)44(28(18)47)32(41)51)19(17)11-20-29(48)45(31(50)33(20,25)14-2-4-16(35)5-3-14)43-27-22(37)10-15(12-42-27)34(38,39)40/h2-6,8-10,12,18-20,24-25,46H,7,11H2,1H3,(H2,41,51)(H,42,43). The molecule has 0 radical (unpaired) electrons. The average Bonchev–Trinajstić information content (AvgIpc) is 3.47. The van der Waals surface area contributed by atoms with E-state index < -0.39 is 93.0 Å². The number of amides is 6. The number of anilines is 1. The first-order valence-corrected chi connectivity index (χ1v) is 16.7. The van der Waals surface area contributed by atoms with Gasteiger partial charge in [-0.15, -0.1) is 0 Å². The number of nitrogens with one attached hydrogen (secondary N) is 1. The fourth-order valence-corrected chi connectivity index (χ4v) is 8.84. The number of hydrogen-bond acceptors (Lipinski definition) is 9. The second-order valence-electron chi connectivity index (χ2n) is 12.8. The second kappa shape index (κ2) is 12.4. The summed E-state index contributed by atoms with van der Waals surface area (Å²) >= 11 is 18.9. The van der Waals surface area contributed by atoms with Gasteiger partial charge in [0.2, 0.25) is 11.8 Å². The van der Waals surface area contributed by atoms with Gasteiger partial charge in [0.25, 0.3) is 11.8 Å². The number of pyridine rings is 1. The Labute approximate surface area is 307 Å². The summed E-state index contributed by atoms with van der Waals surface area (Å²) in [7, 11) is 1.28. The number of nitrogens with zero attached hydrogens (tertiary/aromatic N) is 3. The SMILES string of the molecule is COc1cc(C2C3=CCC4C(=O)N(C(N)=O)C(=O)C4C3CC3C(=O)N(Nc4ncc(C(F)(F)F)cc4Cl)C(=O)C32c2ccc(Cl)cc2)cc(Cl)c1O. The number of methoxy groups -OCH3 is 1. The molecular weight excluding hydrogens is 754 g/mol. The van der Waals surface area contributed by atoms with Gasteiger partial charge in [-0.1, -0.05) is 58.6 Å². The van der Waals surface area contributed by atoms with Crippen molar-refractivity contribution in [2.45, 2.75) is 30.4 Å². The molecule has 270 valence electrons. The van der Waals surface area contributed by atoms with Gasteiger partial charge >= 0.3 is 12.2 Å². The highest BCUT2D eigenvalue weighted by molar-refractivity contribution is 6.33. The number of likely N-dealkylation sites (tertiary alicyclic amines) is 1. The number of alkyl halides is 3. The van der Waals surface area contributed by atoms with E-state index in [-0.39, 0.29) is 29.2 Å². The predicted octanol–water partition coefficient (Wildman–Crippen LogP) is 5.84. The Balaban J connectivity index is 1.47. The van der Waals surface area contributed by atoms with Crippen LogP contribution in [0.25, 0.3) is 0 Å². The van der Waals surface area contributed by atoms with Gasteiger partial charge in [0.15, 0.2) is 17.3 Å². The number of aromatic nitrogens is 1. The minimum absolute atomic E-state index is 0.0269. The molecule has 18 heteroatoms. The van der Waals surface area contributed by atoms with E-state index in [1.54, 1.807) is 18.2 Å². The molecule has 6 unspecified atom stereocenters. The minimum atomic E-state index is -4.78. The normalized spacial score (nSPS) is 26.9. The number of nitrogens with two attached hydrogens (primary N) is 1. The van der Waals surface area contributed by atoms with Gasteiger partial charge in [-0.3, -0.25) is 24.6 Å². The lowest BCUT2D eigenvalue weighted by Crippen LogP contribution is -2.53. The van der Waals surface area contributed by atoms with E-state index in [0.29, 0.717) is 38.3 Å². The molecule has 52 heavy (non-hydrogen) atoms. The molecule has 2 aromatic carbocycles. The zero-order chi connectivity index (χ0) is 37.6. The monoisotopic (exact) mass is 777 g/mol. The number of rotatable bonds is 5. The summed E-state index contributed by atoms with van der Waals surface area (Å²) in [6, 6.07) is 8.25. The first kappa shape index (κ1) is 35.5. The van der Waals surface area contributed by atoms with Crippen LogP contribution in [0.2, 0.25) is 15.1 Å². The van der Waals surface area contributed by atoms with Crippen LogP contribution in [0.5, 0.6) is 11.5 Å². The van der Waals surface area contributed by atoms with E-state index in [1.165, 1.54) is 31.4 Å². The smallest absolute Gasteiger partial charge is 0.417 e. The van der Waals surface area contributed by atoms with E-state index in [1.807, 2.05) is 0 Å². The van der Waals surface area contributed by atoms with Gasteiger partial charge in [0.05, 0.1) is 45.9 Å². The number of phenols is 1. The van der Waals surface area contributed by atoms with Crippen molar-refractivity contribution in [3.8, 4) is 11.5 Å². The number of fused-ring (bicyclic) bond motifs is 4. The van der Waals surface area contributed by atoms with Gasteiger partial charge in [-0.25, -0.2) is 9.78 Å². The molecule has 3 fully saturated rings. The number of carbonyl (C=O) groups is 5. The second-order valence-corrected chi connectivity index (χ2v) is 14.1. The highest BCUT2D eigenvalue weighted by Crippen LogP contribution is 2.64. The fourth-order valence-electron chi connectivity index (χ4n) is 8.29. The lowest BCUT2D eigenvalue weighted by molar-refractivity contribution is -0.140. The minimum Gasteiger partial charge on any atom is -0.503 e. The van der Waals surface area contributed by atoms with Gasteiger partial charge in [0, 0.05) is 17.1 Å². The van der Waals surface area contributed by atoms with Crippen LogP contribution in [0.1, 0.15) is 35.4 Å². The largest absolute Gasteiger partial charge is 0.503 e. The number of carbonyl (C=O) groups excluding carboxylic acids is 5. The lowest BCUT2D eigenvalue weighted by Gasteiger charge is -2.50. The average molecular weight is 779 g/mol. The fraction of sp³-hybridized carbons (Fsp3) is 0.294. The molecule has 0 bridgehead atoms. The van der Waals surface area contributed by atoms with Crippen molar-refractivity contribution in [3.05, 3.63) is 92.1 Å². The molecule has 1 saturated carbocycles. The van der Waals surface area contributed by atoms with Crippen LogP contribution in [0.15, 0.2) is 60.3 Å². The van der Waals surface area contributed by atoms with E-state index in [0.717, 1.165) is 0 Å². The Morgan fingerprint density at radius 3 is 2.33 bits per heavy atom. The first-order valence-electron chi connectivity index (χ1n) is 15.6. The molecular formula is C34H25Cl3F3N5O7. The molecule has 3 heterocycles. The van der Waals surface area contributed by atoms with E-state index in [9.17, 15) is 37.5 Å². The van der Waals surface area contributed by atoms with Gasteiger partial charge < -0.3 is 15.6 Å². The third-order valence-electron chi connectivity index (χ3n) is 10.4. The molecule has 0 spiro atoms. The van der Waals surface area contributed by atoms with Gasteiger partial charge in [-0.2, -0.15) is 23.1 Å². The van der Waals surface area contributed by atoms with Crippen molar-refractivity contribution in [2.24, 2.45) is 29.4 Å². The number of allylic oxidation sites excluding steroid dienone is 2. The van der Waals surface area contributed by atoms with Crippen LogP contribution in [-0.4, -0.2) is 56.8 Å². The number of urea groups is 1. The predicted molar refractivity (Wildman–Crippen MR) is 178 cm³/mol. The van der Waals surface area contributed by atoms with Crippen molar-refractivity contribution in [1.29, 1.82) is 0 Å². The van der Waals surface area contributed by atoms with E-state index in [4.69, 9.17) is 45.3 Å². The zero-order valence-corrected chi connectivity index (χ0v) is 28.8. The number of imide groups is 4. The third-order valence-corrected chi connectivity index (χ3v) is 11.2. The third kappa shape index (κ3) is 5.11. The van der Waals surface area contributed by atoms with Crippen LogP contribution in [-0.2, 0) is 30.8 Å². The molecule has 6 atom stereocenters. The Morgan fingerprint density at radius 1 is 1.02 bits per heavy atom. The number of benzene rings is 2. The topological polar surface area (TPSA) is 172 Å². The number of hydrogen-bond donors (Lipinski definition) is 3. The number of ether oxygens (including phenoxy) is 1. The highest BCUT2D eigenvalue weighted by atomic mass is 35.5. The van der Waals surface area contributed by atoms with Crippen molar-refractivity contribution in [1.82, 2.24) is 14.9 Å².